The Kier molecular flexibility index (Phi) is 5.27. The van der Waals surface area contributed by atoms with Crippen LogP contribution in [0, 0.1) is 18.4 Å². The van der Waals surface area contributed by atoms with Crippen molar-refractivity contribution in [1.82, 2.24) is 5.32 Å². The minimum atomic E-state index is 0.604. The standard InChI is InChI=1S/C14H18N4OS/c1-11-3-4-13(18-5-7-19-8-6-18)12(9-11)17-14(20-2)16-10-15/h3-4,9H,5-8H2,1-2H3,(H,16,17). The van der Waals surface area contributed by atoms with Crippen LogP contribution in [0.5, 0.6) is 0 Å². The molecule has 0 amide bonds. The highest BCUT2D eigenvalue weighted by Crippen LogP contribution is 2.31. The maximum Gasteiger partial charge on any atom is 0.183 e. The molecule has 0 aliphatic carbocycles. The zero-order valence-electron chi connectivity index (χ0n) is 11.7. The number of nitrogens with one attached hydrogen (secondary N) is 1. The second kappa shape index (κ2) is 7.17. The molecular formula is C14H18N4OS. The summed E-state index contributed by atoms with van der Waals surface area (Å²) >= 11 is 1.42. The number of benzene rings is 1. The Hall–Kier alpha value is -1.71. The summed E-state index contributed by atoms with van der Waals surface area (Å²) in [4.78, 5) is 6.84. The second-order valence-corrected chi connectivity index (χ2v) is 5.24. The summed E-state index contributed by atoms with van der Waals surface area (Å²) < 4.78 is 5.39. The van der Waals surface area contributed by atoms with Crippen LogP contribution >= 0.6 is 11.8 Å². The summed E-state index contributed by atoms with van der Waals surface area (Å²) in [6.07, 6.45) is 3.81. The molecule has 0 aromatic heterocycles. The van der Waals surface area contributed by atoms with Crippen molar-refractivity contribution in [2.24, 2.45) is 4.99 Å². The van der Waals surface area contributed by atoms with Crippen molar-refractivity contribution >= 4 is 28.3 Å². The van der Waals surface area contributed by atoms with Crippen molar-refractivity contribution in [1.29, 1.82) is 5.26 Å². The van der Waals surface area contributed by atoms with Crippen molar-refractivity contribution in [3.63, 3.8) is 0 Å². The summed E-state index contributed by atoms with van der Waals surface area (Å²) in [7, 11) is 0. The van der Waals surface area contributed by atoms with E-state index in [0.717, 1.165) is 43.2 Å². The molecule has 1 fully saturated rings. The molecule has 0 spiro atoms. The Balaban J connectivity index is 2.34. The molecule has 0 unspecified atom stereocenters. The van der Waals surface area contributed by atoms with Gasteiger partial charge in [-0.3, -0.25) is 5.32 Å². The van der Waals surface area contributed by atoms with Crippen molar-refractivity contribution in [2.75, 3.05) is 37.5 Å². The number of hydrogen-bond acceptors (Lipinski definition) is 5. The normalized spacial score (nSPS) is 15.8. The lowest BCUT2D eigenvalue weighted by Crippen LogP contribution is -2.36. The van der Waals surface area contributed by atoms with Crippen molar-refractivity contribution in [3.8, 4) is 6.19 Å². The highest BCUT2D eigenvalue weighted by molar-refractivity contribution is 8.13. The number of thioether (sulfide) groups is 1. The van der Waals surface area contributed by atoms with E-state index in [1.165, 1.54) is 11.8 Å². The molecule has 0 saturated carbocycles. The number of nitrogens with zero attached hydrogens (tertiary/aromatic N) is 3. The number of hydrogen-bond donors (Lipinski definition) is 1. The minimum absolute atomic E-state index is 0.604. The molecule has 1 aliphatic heterocycles. The number of morpholine rings is 1. The Morgan fingerprint density at radius 3 is 2.85 bits per heavy atom. The van der Waals surface area contributed by atoms with Crippen molar-refractivity contribution in [2.45, 2.75) is 6.92 Å². The van der Waals surface area contributed by atoms with E-state index in [1.54, 1.807) is 0 Å². The molecule has 20 heavy (non-hydrogen) atoms. The molecule has 5 nitrogen and oxygen atoms in total. The molecule has 6 heteroatoms. The highest BCUT2D eigenvalue weighted by atomic mass is 32.2. The molecule has 1 aliphatic rings. The molecule has 0 bridgehead atoms. The zero-order valence-corrected chi connectivity index (χ0v) is 12.5. The summed E-state index contributed by atoms with van der Waals surface area (Å²) in [6.45, 7) is 5.25. The monoisotopic (exact) mass is 290 g/mol. The molecule has 0 atom stereocenters. The Morgan fingerprint density at radius 2 is 2.20 bits per heavy atom. The van der Waals surface area contributed by atoms with E-state index >= 15 is 0 Å². The summed E-state index contributed by atoms with van der Waals surface area (Å²) in [5.41, 5.74) is 3.13. The molecule has 1 aromatic rings. The van der Waals surface area contributed by atoms with Gasteiger partial charge in [0.1, 0.15) is 0 Å². The van der Waals surface area contributed by atoms with Gasteiger partial charge in [0.2, 0.25) is 0 Å². The molecule has 1 aromatic carbocycles. The average Bonchev–Trinajstić information content (AvgIpc) is 2.48. The van der Waals surface area contributed by atoms with Crippen LogP contribution in [0.4, 0.5) is 11.4 Å². The SMILES string of the molecule is CSC(=Nc1cc(C)ccc1N1CCOCC1)NC#N. The molecule has 2 rings (SSSR count). The minimum Gasteiger partial charge on any atom is -0.378 e. The van der Waals surface area contributed by atoms with Gasteiger partial charge in [0, 0.05) is 13.1 Å². The Labute approximate surface area is 123 Å². The number of aryl methyl sites for hydroxylation is 1. The highest BCUT2D eigenvalue weighted by Gasteiger charge is 2.15. The zero-order chi connectivity index (χ0) is 14.4. The number of anilines is 1. The predicted molar refractivity (Wildman–Crippen MR) is 83.6 cm³/mol. The molecule has 1 N–H and O–H groups in total. The Morgan fingerprint density at radius 1 is 1.45 bits per heavy atom. The number of aliphatic imine (C=N–C) groups is 1. The topological polar surface area (TPSA) is 60.6 Å². The van der Waals surface area contributed by atoms with Gasteiger partial charge in [0.15, 0.2) is 11.4 Å². The van der Waals surface area contributed by atoms with Crippen LogP contribution in [0.25, 0.3) is 0 Å². The number of ether oxygens (including phenoxy) is 1. The molecule has 0 radical (unpaired) electrons. The third-order valence-corrected chi connectivity index (χ3v) is 3.64. The van der Waals surface area contributed by atoms with Gasteiger partial charge in [-0.1, -0.05) is 17.8 Å². The summed E-state index contributed by atoms with van der Waals surface area (Å²) in [6, 6.07) is 6.21. The van der Waals surface area contributed by atoms with E-state index in [0.29, 0.717) is 5.17 Å². The number of rotatable bonds is 2. The lowest BCUT2D eigenvalue weighted by Gasteiger charge is -2.30. The maximum absolute atomic E-state index is 8.74. The van der Waals surface area contributed by atoms with Crippen LogP contribution < -0.4 is 10.2 Å². The lowest BCUT2D eigenvalue weighted by molar-refractivity contribution is 0.123. The maximum atomic E-state index is 8.74. The van der Waals surface area contributed by atoms with E-state index in [9.17, 15) is 0 Å². The fraction of sp³-hybridized carbons (Fsp3) is 0.429. The van der Waals surface area contributed by atoms with E-state index in [2.05, 4.69) is 27.3 Å². The first kappa shape index (κ1) is 14.7. The first-order valence-corrected chi connectivity index (χ1v) is 7.68. The van der Waals surface area contributed by atoms with Crippen LogP contribution in [0.2, 0.25) is 0 Å². The van der Waals surface area contributed by atoms with Crippen LogP contribution in [0.1, 0.15) is 5.56 Å². The van der Waals surface area contributed by atoms with Gasteiger partial charge in [-0.15, -0.1) is 0 Å². The largest absolute Gasteiger partial charge is 0.378 e. The first-order chi connectivity index (χ1) is 9.74. The summed E-state index contributed by atoms with van der Waals surface area (Å²) in [5, 5.41) is 11.9. The van der Waals surface area contributed by atoms with E-state index in [4.69, 9.17) is 10.00 Å². The summed E-state index contributed by atoms with van der Waals surface area (Å²) in [5.74, 6) is 0. The van der Waals surface area contributed by atoms with E-state index in [1.807, 2.05) is 25.4 Å². The van der Waals surface area contributed by atoms with Crippen LogP contribution in [0.3, 0.4) is 0 Å². The van der Waals surface area contributed by atoms with Gasteiger partial charge in [0.25, 0.3) is 0 Å². The third kappa shape index (κ3) is 3.65. The number of amidine groups is 1. The van der Waals surface area contributed by atoms with Crippen LogP contribution in [-0.2, 0) is 4.74 Å². The van der Waals surface area contributed by atoms with Gasteiger partial charge < -0.3 is 9.64 Å². The van der Waals surface area contributed by atoms with Gasteiger partial charge in [-0.05, 0) is 30.9 Å². The molecule has 1 heterocycles. The quantitative estimate of drug-likeness (QED) is 0.392. The average molecular weight is 290 g/mol. The van der Waals surface area contributed by atoms with Crippen LogP contribution in [-0.4, -0.2) is 37.7 Å². The fourth-order valence-corrected chi connectivity index (χ4v) is 2.41. The first-order valence-electron chi connectivity index (χ1n) is 6.45. The molecular weight excluding hydrogens is 272 g/mol. The smallest absolute Gasteiger partial charge is 0.183 e. The second-order valence-electron chi connectivity index (χ2n) is 4.45. The molecule has 1 saturated heterocycles. The molecule has 106 valence electrons. The van der Waals surface area contributed by atoms with E-state index in [-0.39, 0.29) is 0 Å². The van der Waals surface area contributed by atoms with Gasteiger partial charge in [0.05, 0.1) is 24.6 Å². The Bertz CT molecular complexity index is 532. The lowest BCUT2D eigenvalue weighted by atomic mass is 10.1. The van der Waals surface area contributed by atoms with Gasteiger partial charge in [-0.25, -0.2) is 4.99 Å². The van der Waals surface area contributed by atoms with E-state index < -0.39 is 0 Å². The van der Waals surface area contributed by atoms with Gasteiger partial charge >= 0.3 is 0 Å². The van der Waals surface area contributed by atoms with Crippen LogP contribution in [0.15, 0.2) is 23.2 Å². The predicted octanol–water partition coefficient (Wildman–Crippen LogP) is 2.25. The fourth-order valence-electron chi connectivity index (χ4n) is 2.08. The van der Waals surface area contributed by atoms with Crippen molar-refractivity contribution < 1.29 is 4.74 Å². The number of nitriles is 1. The van der Waals surface area contributed by atoms with Crippen molar-refractivity contribution in [3.05, 3.63) is 23.8 Å². The van der Waals surface area contributed by atoms with Gasteiger partial charge in [-0.2, -0.15) is 5.26 Å². The third-order valence-electron chi connectivity index (χ3n) is 3.06.